The first-order valence-corrected chi connectivity index (χ1v) is 8.87. The van der Waals surface area contributed by atoms with E-state index in [-0.39, 0.29) is 23.8 Å². The van der Waals surface area contributed by atoms with E-state index in [9.17, 15) is 18.8 Å². The molecule has 1 aromatic carbocycles. The van der Waals surface area contributed by atoms with Crippen LogP contribution in [0.3, 0.4) is 0 Å². The smallest absolute Gasteiger partial charge is 0.408 e. The molecule has 9 nitrogen and oxygen atoms in total. The summed E-state index contributed by atoms with van der Waals surface area (Å²) in [6.07, 6.45) is -0.651. The van der Waals surface area contributed by atoms with Gasteiger partial charge in [-0.25, -0.2) is 14.2 Å². The van der Waals surface area contributed by atoms with Gasteiger partial charge in [-0.2, -0.15) is 0 Å². The van der Waals surface area contributed by atoms with E-state index in [4.69, 9.17) is 13.9 Å². The number of aromatic nitrogens is 1. The van der Waals surface area contributed by atoms with Crippen LogP contribution >= 0.6 is 0 Å². The standard InChI is InChI=1S/C18H20FN3O6/c1-2-12(16(24)17-20-13-4-3-11(19)9-14(13)28-17)21-18(25)27-10-15(23)22-5-7-26-8-6-22/h3-4,9,12H,2,5-8,10H2,1H3,(H,21,25). The van der Waals surface area contributed by atoms with Crippen molar-refractivity contribution >= 4 is 28.9 Å². The summed E-state index contributed by atoms with van der Waals surface area (Å²) in [5, 5.41) is 2.40. The molecule has 2 heterocycles. The Morgan fingerprint density at radius 1 is 1.32 bits per heavy atom. The number of ether oxygens (including phenoxy) is 2. The molecule has 1 N–H and O–H groups in total. The van der Waals surface area contributed by atoms with Crippen molar-refractivity contribution in [2.24, 2.45) is 0 Å². The minimum Gasteiger partial charge on any atom is -0.439 e. The molecule has 1 aliphatic heterocycles. The SMILES string of the molecule is CCC(NC(=O)OCC(=O)N1CCOCC1)C(=O)c1nc2ccc(F)cc2o1. The van der Waals surface area contributed by atoms with Crippen molar-refractivity contribution in [3.63, 3.8) is 0 Å². The van der Waals surface area contributed by atoms with Gasteiger partial charge in [0.1, 0.15) is 17.4 Å². The number of nitrogens with one attached hydrogen (secondary N) is 1. The second kappa shape index (κ2) is 8.79. The topological polar surface area (TPSA) is 111 Å². The fraction of sp³-hybridized carbons (Fsp3) is 0.444. The summed E-state index contributed by atoms with van der Waals surface area (Å²) in [6, 6.07) is 2.77. The Hall–Kier alpha value is -3.01. The molecule has 1 atom stereocenters. The van der Waals surface area contributed by atoms with Gasteiger partial charge in [-0.15, -0.1) is 0 Å². The number of Topliss-reactive ketones (excluding diaryl/α,β-unsaturated/α-hetero) is 1. The van der Waals surface area contributed by atoms with Gasteiger partial charge in [-0.05, 0) is 18.6 Å². The number of carbonyl (C=O) groups excluding carboxylic acids is 3. The number of hydrogen-bond donors (Lipinski definition) is 1. The van der Waals surface area contributed by atoms with Gasteiger partial charge < -0.3 is 24.1 Å². The fourth-order valence-electron chi connectivity index (χ4n) is 2.72. The zero-order chi connectivity index (χ0) is 20.1. The first kappa shape index (κ1) is 19.7. The molecule has 2 aromatic rings. The molecule has 0 aliphatic carbocycles. The number of fused-ring (bicyclic) bond motifs is 1. The zero-order valence-electron chi connectivity index (χ0n) is 15.3. The van der Waals surface area contributed by atoms with Gasteiger partial charge in [0.05, 0.1) is 13.2 Å². The third-order valence-electron chi connectivity index (χ3n) is 4.27. The number of benzene rings is 1. The molecule has 1 aliphatic rings. The van der Waals surface area contributed by atoms with E-state index in [1.165, 1.54) is 17.0 Å². The van der Waals surface area contributed by atoms with Crippen LogP contribution in [0, 0.1) is 5.82 Å². The highest BCUT2D eigenvalue weighted by atomic mass is 19.1. The summed E-state index contributed by atoms with van der Waals surface area (Å²) in [6.45, 7) is 3.02. The molecule has 10 heteroatoms. The lowest BCUT2D eigenvalue weighted by Crippen LogP contribution is -2.45. The van der Waals surface area contributed by atoms with Crippen LogP contribution in [0.25, 0.3) is 11.1 Å². The molecule has 3 rings (SSSR count). The van der Waals surface area contributed by atoms with Crippen molar-refractivity contribution < 1.29 is 32.7 Å². The Kier molecular flexibility index (Phi) is 6.19. The average Bonchev–Trinajstić information content (AvgIpc) is 3.13. The fourth-order valence-corrected chi connectivity index (χ4v) is 2.72. The highest BCUT2D eigenvalue weighted by molar-refractivity contribution is 5.99. The zero-order valence-corrected chi connectivity index (χ0v) is 15.3. The number of amides is 2. The molecule has 28 heavy (non-hydrogen) atoms. The van der Waals surface area contributed by atoms with Crippen LogP contribution in [-0.4, -0.2) is 66.6 Å². The molecule has 0 saturated carbocycles. The maximum atomic E-state index is 13.2. The largest absolute Gasteiger partial charge is 0.439 e. The minimum absolute atomic E-state index is 0.136. The molecule has 1 unspecified atom stereocenters. The summed E-state index contributed by atoms with van der Waals surface area (Å²) in [5.74, 6) is -1.66. The lowest BCUT2D eigenvalue weighted by molar-refractivity contribution is -0.138. The number of oxazole rings is 1. The second-order valence-electron chi connectivity index (χ2n) is 6.17. The number of carbonyl (C=O) groups is 3. The predicted octanol–water partition coefficient (Wildman–Crippen LogP) is 1.51. The second-order valence-corrected chi connectivity index (χ2v) is 6.17. The van der Waals surface area contributed by atoms with Gasteiger partial charge >= 0.3 is 6.09 Å². The van der Waals surface area contributed by atoms with Gasteiger partial charge in [-0.3, -0.25) is 9.59 Å². The van der Waals surface area contributed by atoms with Crippen molar-refractivity contribution in [3.8, 4) is 0 Å². The third kappa shape index (κ3) is 4.63. The number of ketones is 1. The third-order valence-corrected chi connectivity index (χ3v) is 4.27. The molecular weight excluding hydrogens is 373 g/mol. The van der Waals surface area contributed by atoms with Gasteiger partial charge in [-0.1, -0.05) is 6.92 Å². The maximum Gasteiger partial charge on any atom is 0.408 e. The monoisotopic (exact) mass is 393 g/mol. The van der Waals surface area contributed by atoms with Crippen molar-refractivity contribution in [1.29, 1.82) is 0 Å². The molecule has 2 amide bonds. The van der Waals surface area contributed by atoms with Crippen molar-refractivity contribution in [2.75, 3.05) is 32.9 Å². The summed E-state index contributed by atoms with van der Waals surface area (Å²) in [5.41, 5.74) is 0.468. The van der Waals surface area contributed by atoms with E-state index in [0.717, 1.165) is 6.07 Å². The van der Waals surface area contributed by atoms with Crippen LogP contribution in [0.4, 0.5) is 9.18 Å². The van der Waals surface area contributed by atoms with Crippen molar-refractivity contribution in [3.05, 3.63) is 29.9 Å². The summed E-state index contributed by atoms with van der Waals surface area (Å²) in [4.78, 5) is 42.1. The van der Waals surface area contributed by atoms with Crippen molar-refractivity contribution in [1.82, 2.24) is 15.2 Å². The van der Waals surface area contributed by atoms with Crippen LogP contribution in [-0.2, 0) is 14.3 Å². The number of nitrogens with zero attached hydrogens (tertiary/aromatic N) is 2. The van der Waals surface area contributed by atoms with E-state index in [0.29, 0.717) is 31.8 Å². The van der Waals surface area contributed by atoms with Crippen LogP contribution in [0.1, 0.15) is 24.0 Å². The number of alkyl carbamates (subject to hydrolysis) is 1. The average molecular weight is 393 g/mol. The Labute approximate surface area is 159 Å². The molecule has 0 radical (unpaired) electrons. The molecule has 0 bridgehead atoms. The van der Waals surface area contributed by atoms with Crippen LogP contribution < -0.4 is 5.32 Å². The minimum atomic E-state index is -0.955. The number of rotatable bonds is 6. The number of halogens is 1. The Balaban J connectivity index is 1.56. The van der Waals surface area contributed by atoms with Gasteiger partial charge in [0.25, 0.3) is 11.8 Å². The van der Waals surface area contributed by atoms with E-state index >= 15 is 0 Å². The molecule has 0 spiro atoms. The number of hydrogen-bond acceptors (Lipinski definition) is 7. The normalized spacial score (nSPS) is 15.3. The van der Waals surface area contributed by atoms with Crippen LogP contribution in [0.5, 0.6) is 0 Å². The first-order chi connectivity index (χ1) is 13.5. The highest BCUT2D eigenvalue weighted by Gasteiger charge is 2.26. The van der Waals surface area contributed by atoms with E-state index in [1.54, 1.807) is 6.92 Å². The van der Waals surface area contributed by atoms with E-state index in [2.05, 4.69) is 10.3 Å². The van der Waals surface area contributed by atoms with Gasteiger partial charge in [0.2, 0.25) is 5.78 Å². The van der Waals surface area contributed by atoms with Crippen molar-refractivity contribution in [2.45, 2.75) is 19.4 Å². The summed E-state index contributed by atoms with van der Waals surface area (Å²) >= 11 is 0. The quantitative estimate of drug-likeness (QED) is 0.741. The number of morpholine rings is 1. The lowest BCUT2D eigenvalue weighted by Gasteiger charge is -2.26. The van der Waals surface area contributed by atoms with Gasteiger partial charge in [0.15, 0.2) is 12.2 Å². The first-order valence-electron chi connectivity index (χ1n) is 8.87. The molecular formula is C18H20FN3O6. The van der Waals surface area contributed by atoms with Gasteiger partial charge in [0, 0.05) is 19.2 Å². The Bertz CT molecular complexity index is 877. The maximum absolute atomic E-state index is 13.2. The summed E-state index contributed by atoms with van der Waals surface area (Å²) < 4.78 is 28.6. The Morgan fingerprint density at radius 3 is 2.79 bits per heavy atom. The van der Waals surface area contributed by atoms with Crippen LogP contribution in [0.15, 0.2) is 22.6 Å². The molecule has 150 valence electrons. The van der Waals surface area contributed by atoms with E-state index in [1.807, 2.05) is 0 Å². The highest BCUT2D eigenvalue weighted by Crippen LogP contribution is 2.18. The van der Waals surface area contributed by atoms with E-state index < -0.39 is 30.3 Å². The lowest BCUT2D eigenvalue weighted by atomic mass is 10.1. The predicted molar refractivity (Wildman–Crippen MR) is 94.3 cm³/mol. The van der Waals surface area contributed by atoms with Crippen LogP contribution in [0.2, 0.25) is 0 Å². The summed E-state index contributed by atoms with van der Waals surface area (Å²) in [7, 11) is 0. The molecule has 1 fully saturated rings. The molecule has 1 aromatic heterocycles. The molecule has 1 saturated heterocycles. The Morgan fingerprint density at radius 2 is 2.07 bits per heavy atom.